The van der Waals surface area contributed by atoms with E-state index in [4.69, 9.17) is 0 Å². The smallest absolute Gasteiger partial charge is 0.107 e. The first-order chi connectivity index (χ1) is 8.92. The van der Waals surface area contributed by atoms with Crippen molar-refractivity contribution in [1.82, 2.24) is 15.2 Å². The van der Waals surface area contributed by atoms with Crippen LogP contribution < -0.4 is 5.32 Å². The Bertz CT molecular complexity index is 386. The highest BCUT2D eigenvalue weighted by Crippen LogP contribution is 2.20. The quantitative estimate of drug-likeness (QED) is 0.919. The number of hydrogen-bond acceptors (Lipinski definition) is 4. The number of hydrogen-bond donors (Lipinski definition) is 1. The molecular weight excluding hydrogens is 254 g/mol. The maximum absolute atomic E-state index is 4.56. The van der Waals surface area contributed by atoms with Crippen LogP contribution in [0.4, 0.5) is 0 Å². The highest BCUT2D eigenvalue weighted by molar-refractivity contribution is 7.09. The number of likely N-dealkylation sites (tertiary alicyclic amines) is 1. The number of nitrogens with zero attached hydrogens (tertiary/aromatic N) is 2. The van der Waals surface area contributed by atoms with Gasteiger partial charge in [-0.15, -0.1) is 11.3 Å². The molecule has 0 spiro atoms. The van der Waals surface area contributed by atoms with Crippen LogP contribution in [-0.2, 0) is 6.54 Å². The summed E-state index contributed by atoms with van der Waals surface area (Å²) < 4.78 is 0. The molecule has 2 heterocycles. The minimum Gasteiger partial charge on any atom is -0.312 e. The van der Waals surface area contributed by atoms with Gasteiger partial charge in [0.15, 0.2) is 0 Å². The zero-order chi connectivity index (χ0) is 13.9. The van der Waals surface area contributed by atoms with Crippen molar-refractivity contribution < 1.29 is 0 Å². The van der Waals surface area contributed by atoms with Gasteiger partial charge < -0.3 is 5.32 Å². The molecule has 0 aromatic carbocycles. The third-order valence-corrected chi connectivity index (χ3v) is 4.61. The van der Waals surface area contributed by atoms with E-state index in [1.165, 1.54) is 30.9 Å². The molecule has 108 valence electrons. The lowest BCUT2D eigenvalue weighted by Gasteiger charge is -2.33. The number of nitrogens with one attached hydrogen (secondary N) is 1. The molecule has 1 aromatic rings. The van der Waals surface area contributed by atoms with E-state index in [2.05, 4.69) is 48.3 Å². The van der Waals surface area contributed by atoms with E-state index in [9.17, 15) is 0 Å². The zero-order valence-electron chi connectivity index (χ0n) is 12.7. The Kier molecular flexibility index (Phi) is 4.98. The van der Waals surface area contributed by atoms with Crippen molar-refractivity contribution in [3.05, 3.63) is 16.1 Å². The van der Waals surface area contributed by atoms with Gasteiger partial charge in [-0.05, 0) is 66.1 Å². The maximum atomic E-state index is 4.56. The molecule has 1 aliphatic rings. The van der Waals surface area contributed by atoms with Crippen LogP contribution in [0.25, 0.3) is 0 Å². The van der Waals surface area contributed by atoms with Crippen LogP contribution in [0.3, 0.4) is 0 Å². The van der Waals surface area contributed by atoms with Crippen molar-refractivity contribution in [3.8, 4) is 0 Å². The number of aryl methyl sites for hydroxylation is 1. The molecule has 1 N–H and O–H groups in total. The van der Waals surface area contributed by atoms with Gasteiger partial charge in [-0.2, -0.15) is 0 Å². The van der Waals surface area contributed by atoms with Crippen molar-refractivity contribution in [2.75, 3.05) is 19.6 Å². The first-order valence-electron chi connectivity index (χ1n) is 7.31. The van der Waals surface area contributed by atoms with Gasteiger partial charge in [0.2, 0.25) is 0 Å². The van der Waals surface area contributed by atoms with Gasteiger partial charge in [0.25, 0.3) is 0 Å². The predicted octanol–water partition coefficient (Wildman–Crippen LogP) is 3.05. The fraction of sp³-hybridized carbons (Fsp3) is 0.800. The SMILES string of the molecule is Cc1csc(CN2CCC(CNC(C)(C)C)CC2)n1. The molecule has 3 nitrogen and oxygen atoms in total. The van der Waals surface area contributed by atoms with Gasteiger partial charge in [0.1, 0.15) is 5.01 Å². The topological polar surface area (TPSA) is 28.2 Å². The standard InChI is InChI=1S/C15H27N3S/c1-12-11-19-14(17-12)10-18-7-5-13(6-8-18)9-16-15(2,3)4/h11,13,16H,5-10H2,1-4H3. The largest absolute Gasteiger partial charge is 0.312 e. The molecular formula is C15H27N3S. The van der Waals surface area contributed by atoms with Crippen molar-refractivity contribution >= 4 is 11.3 Å². The Morgan fingerprint density at radius 2 is 2.05 bits per heavy atom. The third-order valence-electron chi connectivity index (χ3n) is 3.65. The van der Waals surface area contributed by atoms with E-state index < -0.39 is 0 Å². The van der Waals surface area contributed by atoms with E-state index >= 15 is 0 Å². The van der Waals surface area contributed by atoms with Crippen LogP contribution in [0.1, 0.15) is 44.3 Å². The van der Waals surface area contributed by atoms with E-state index in [1.54, 1.807) is 11.3 Å². The number of thiazole rings is 1. The average Bonchev–Trinajstić information content (AvgIpc) is 2.73. The highest BCUT2D eigenvalue weighted by atomic mass is 32.1. The van der Waals surface area contributed by atoms with Crippen LogP contribution in [0.2, 0.25) is 0 Å². The summed E-state index contributed by atoms with van der Waals surface area (Å²) in [6.07, 6.45) is 2.63. The van der Waals surface area contributed by atoms with Gasteiger partial charge in [0.05, 0.1) is 6.54 Å². The van der Waals surface area contributed by atoms with Gasteiger partial charge >= 0.3 is 0 Å². The summed E-state index contributed by atoms with van der Waals surface area (Å²) in [6, 6.07) is 0. The Morgan fingerprint density at radius 1 is 1.37 bits per heavy atom. The second-order valence-corrected chi connectivity index (χ2v) is 7.68. The molecule has 0 saturated carbocycles. The van der Waals surface area contributed by atoms with Gasteiger partial charge in [0, 0.05) is 16.6 Å². The maximum Gasteiger partial charge on any atom is 0.107 e. The van der Waals surface area contributed by atoms with E-state index in [1.807, 2.05) is 0 Å². The lowest BCUT2D eigenvalue weighted by atomic mass is 9.95. The van der Waals surface area contributed by atoms with Gasteiger partial charge in [-0.1, -0.05) is 0 Å². The lowest BCUT2D eigenvalue weighted by molar-refractivity contribution is 0.170. The molecule has 1 aliphatic heterocycles. The summed E-state index contributed by atoms with van der Waals surface area (Å²) in [5.41, 5.74) is 1.40. The molecule has 1 aromatic heterocycles. The molecule has 19 heavy (non-hydrogen) atoms. The van der Waals surface area contributed by atoms with Crippen LogP contribution in [-0.4, -0.2) is 35.1 Å². The first kappa shape index (κ1) is 14.9. The summed E-state index contributed by atoms with van der Waals surface area (Å²) in [5, 5.41) is 7.05. The molecule has 0 amide bonds. The Labute approximate surface area is 121 Å². The molecule has 0 radical (unpaired) electrons. The second-order valence-electron chi connectivity index (χ2n) is 6.73. The number of aromatic nitrogens is 1. The summed E-state index contributed by atoms with van der Waals surface area (Å²) in [6.45, 7) is 13.4. The Morgan fingerprint density at radius 3 is 2.58 bits per heavy atom. The van der Waals surface area contributed by atoms with Crippen LogP contribution >= 0.6 is 11.3 Å². The second kappa shape index (κ2) is 6.33. The highest BCUT2D eigenvalue weighted by Gasteiger charge is 2.21. The minimum absolute atomic E-state index is 0.246. The number of piperidine rings is 1. The fourth-order valence-corrected chi connectivity index (χ4v) is 3.28. The minimum atomic E-state index is 0.246. The van der Waals surface area contributed by atoms with Gasteiger partial charge in [-0.3, -0.25) is 4.90 Å². The van der Waals surface area contributed by atoms with Crippen LogP contribution in [0.15, 0.2) is 5.38 Å². The van der Waals surface area contributed by atoms with E-state index in [0.29, 0.717) is 0 Å². The average molecular weight is 281 g/mol. The molecule has 0 unspecified atom stereocenters. The summed E-state index contributed by atoms with van der Waals surface area (Å²) in [7, 11) is 0. The van der Waals surface area contributed by atoms with E-state index in [0.717, 1.165) is 24.7 Å². The van der Waals surface area contributed by atoms with Crippen LogP contribution in [0, 0.1) is 12.8 Å². The normalized spacial score (nSPS) is 18.9. The molecule has 2 rings (SSSR count). The first-order valence-corrected chi connectivity index (χ1v) is 8.19. The monoisotopic (exact) mass is 281 g/mol. The Balaban J connectivity index is 1.70. The Hall–Kier alpha value is -0.450. The summed E-state index contributed by atoms with van der Waals surface area (Å²) in [4.78, 5) is 7.10. The van der Waals surface area contributed by atoms with Crippen molar-refractivity contribution in [3.63, 3.8) is 0 Å². The van der Waals surface area contributed by atoms with Crippen molar-refractivity contribution in [2.45, 2.75) is 52.6 Å². The summed E-state index contributed by atoms with van der Waals surface area (Å²) in [5.74, 6) is 0.841. The predicted molar refractivity (Wildman–Crippen MR) is 82.6 cm³/mol. The fourth-order valence-electron chi connectivity index (χ4n) is 2.47. The van der Waals surface area contributed by atoms with Gasteiger partial charge in [-0.25, -0.2) is 4.98 Å². The molecule has 0 bridgehead atoms. The number of rotatable bonds is 4. The van der Waals surface area contributed by atoms with Crippen molar-refractivity contribution in [2.24, 2.45) is 5.92 Å². The molecule has 1 fully saturated rings. The van der Waals surface area contributed by atoms with E-state index in [-0.39, 0.29) is 5.54 Å². The zero-order valence-corrected chi connectivity index (χ0v) is 13.5. The third kappa shape index (κ3) is 5.21. The summed E-state index contributed by atoms with van der Waals surface area (Å²) >= 11 is 1.79. The van der Waals surface area contributed by atoms with Crippen LogP contribution in [0.5, 0.6) is 0 Å². The molecule has 0 aliphatic carbocycles. The lowest BCUT2D eigenvalue weighted by Crippen LogP contribution is -2.42. The molecule has 0 atom stereocenters. The van der Waals surface area contributed by atoms with Crippen molar-refractivity contribution in [1.29, 1.82) is 0 Å². The molecule has 1 saturated heterocycles. The molecule has 4 heteroatoms.